The number of sulfone groups is 1. The van der Waals surface area contributed by atoms with Crippen molar-refractivity contribution in [1.82, 2.24) is 0 Å². The summed E-state index contributed by atoms with van der Waals surface area (Å²) in [6.45, 7) is 1.94. The van der Waals surface area contributed by atoms with Crippen LogP contribution in [0.4, 0.5) is 0 Å². The molecule has 0 N–H and O–H groups in total. The summed E-state index contributed by atoms with van der Waals surface area (Å²) in [5.74, 6) is -0.534. The van der Waals surface area contributed by atoms with Gasteiger partial charge in [-0.3, -0.25) is 0 Å². The molecule has 0 saturated heterocycles. The summed E-state index contributed by atoms with van der Waals surface area (Å²) in [4.78, 5) is 11.5. The second-order valence-corrected chi connectivity index (χ2v) is 6.10. The number of rotatable bonds is 3. The van der Waals surface area contributed by atoms with Gasteiger partial charge in [0, 0.05) is 10.7 Å². The summed E-state index contributed by atoms with van der Waals surface area (Å²) in [6.07, 6.45) is 1.09. The van der Waals surface area contributed by atoms with E-state index in [2.05, 4.69) is 15.9 Å². The van der Waals surface area contributed by atoms with E-state index >= 15 is 0 Å². The van der Waals surface area contributed by atoms with Gasteiger partial charge < -0.3 is 4.74 Å². The maximum Gasteiger partial charge on any atom is 0.338 e. The zero-order chi connectivity index (χ0) is 12.3. The van der Waals surface area contributed by atoms with Crippen LogP contribution in [0, 0.1) is 0 Å². The van der Waals surface area contributed by atoms with Crippen LogP contribution in [0.2, 0.25) is 0 Å². The monoisotopic (exact) mass is 306 g/mol. The molecule has 0 radical (unpaired) electrons. The summed E-state index contributed by atoms with van der Waals surface area (Å²) < 4.78 is 28.0. The lowest BCUT2D eigenvalue weighted by molar-refractivity contribution is 0.0526. The summed E-state index contributed by atoms with van der Waals surface area (Å²) in [6, 6.07) is 4.27. The van der Waals surface area contributed by atoms with Crippen LogP contribution >= 0.6 is 15.9 Å². The number of carbonyl (C=O) groups excluding carboxylic acids is 1. The summed E-state index contributed by atoms with van der Waals surface area (Å²) in [5, 5.41) is 0. The molecule has 16 heavy (non-hydrogen) atoms. The van der Waals surface area contributed by atoms with Gasteiger partial charge in [0.25, 0.3) is 0 Å². The average Bonchev–Trinajstić information content (AvgIpc) is 2.16. The molecule has 0 fully saturated rings. The fourth-order valence-corrected chi connectivity index (χ4v) is 2.44. The van der Waals surface area contributed by atoms with Crippen molar-refractivity contribution < 1.29 is 17.9 Å². The van der Waals surface area contributed by atoms with Crippen molar-refractivity contribution >= 4 is 31.7 Å². The Hall–Kier alpha value is -0.880. The van der Waals surface area contributed by atoms with Gasteiger partial charge in [0.1, 0.15) is 0 Å². The Balaban J connectivity index is 3.24. The third-order valence-electron chi connectivity index (χ3n) is 1.81. The molecule has 0 spiro atoms. The highest BCUT2D eigenvalue weighted by Gasteiger charge is 2.14. The number of carbonyl (C=O) groups is 1. The van der Waals surface area contributed by atoms with E-state index < -0.39 is 15.8 Å². The molecule has 0 aliphatic heterocycles. The second-order valence-electron chi connectivity index (χ2n) is 3.17. The highest BCUT2D eigenvalue weighted by Crippen LogP contribution is 2.20. The molecule has 0 saturated carbocycles. The predicted molar refractivity (Wildman–Crippen MR) is 63.2 cm³/mol. The van der Waals surface area contributed by atoms with Crippen LogP contribution in [-0.4, -0.2) is 27.2 Å². The Bertz CT molecular complexity index is 508. The van der Waals surface area contributed by atoms with Gasteiger partial charge in [-0.05, 0) is 25.1 Å². The first-order valence-corrected chi connectivity index (χ1v) is 7.21. The quantitative estimate of drug-likeness (QED) is 0.802. The van der Waals surface area contributed by atoms with E-state index in [1.807, 2.05) is 0 Å². The van der Waals surface area contributed by atoms with E-state index in [4.69, 9.17) is 4.74 Å². The standard InChI is InChI=1S/C10H11BrO4S/c1-3-15-10(12)7-4-8(11)6-9(5-7)16(2,13)14/h4-6H,3H2,1-2H3. The van der Waals surface area contributed by atoms with Gasteiger partial charge in [0.15, 0.2) is 9.84 Å². The summed E-state index contributed by atoms with van der Waals surface area (Å²) in [7, 11) is -3.33. The fourth-order valence-electron chi connectivity index (χ4n) is 1.11. The molecule has 0 bridgehead atoms. The number of halogens is 1. The van der Waals surface area contributed by atoms with E-state index in [1.54, 1.807) is 6.92 Å². The molecule has 1 aromatic rings. The van der Waals surface area contributed by atoms with Gasteiger partial charge >= 0.3 is 5.97 Å². The van der Waals surface area contributed by atoms with Gasteiger partial charge in [-0.25, -0.2) is 13.2 Å². The van der Waals surface area contributed by atoms with Crippen LogP contribution in [0.15, 0.2) is 27.6 Å². The van der Waals surface area contributed by atoms with Gasteiger partial charge in [-0.1, -0.05) is 15.9 Å². The van der Waals surface area contributed by atoms with Gasteiger partial charge in [0.2, 0.25) is 0 Å². The van der Waals surface area contributed by atoms with E-state index in [9.17, 15) is 13.2 Å². The molecule has 6 heteroatoms. The largest absolute Gasteiger partial charge is 0.462 e. The fraction of sp³-hybridized carbons (Fsp3) is 0.300. The Kier molecular flexibility index (Phi) is 4.09. The highest BCUT2D eigenvalue weighted by atomic mass is 79.9. The number of benzene rings is 1. The van der Waals surface area contributed by atoms with Crippen LogP contribution in [0.5, 0.6) is 0 Å². The van der Waals surface area contributed by atoms with E-state index in [-0.39, 0.29) is 17.1 Å². The van der Waals surface area contributed by atoms with Gasteiger partial charge in [0.05, 0.1) is 17.1 Å². The third kappa shape index (κ3) is 3.31. The minimum absolute atomic E-state index is 0.0879. The smallest absolute Gasteiger partial charge is 0.338 e. The van der Waals surface area contributed by atoms with Crippen LogP contribution in [0.1, 0.15) is 17.3 Å². The van der Waals surface area contributed by atoms with E-state index in [1.165, 1.54) is 18.2 Å². The average molecular weight is 307 g/mol. The minimum atomic E-state index is -3.33. The molecule has 0 aromatic heterocycles. The maximum absolute atomic E-state index is 11.4. The Labute approximate surface area is 103 Å². The van der Waals surface area contributed by atoms with Gasteiger partial charge in [-0.2, -0.15) is 0 Å². The molecule has 0 amide bonds. The lowest BCUT2D eigenvalue weighted by atomic mass is 10.2. The molecule has 88 valence electrons. The molecule has 1 rings (SSSR count). The lowest BCUT2D eigenvalue weighted by Gasteiger charge is -2.05. The Morgan fingerprint density at radius 2 is 2.00 bits per heavy atom. The summed E-state index contributed by atoms with van der Waals surface area (Å²) in [5.41, 5.74) is 0.219. The van der Waals surface area contributed by atoms with Crippen molar-refractivity contribution in [3.8, 4) is 0 Å². The van der Waals surface area contributed by atoms with E-state index in [0.29, 0.717) is 4.47 Å². The number of hydrogen-bond acceptors (Lipinski definition) is 4. The molecular weight excluding hydrogens is 296 g/mol. The number of hydrogen-bond donors (Lipinski definition) is 0. The van der Waals surface area contributed by atoms with Crippen molar-refractivity contribution in [3.63, 3.8) is 0 Å². The second kappa shape index (κ2) is 4.97. The van der Waals surface area contributed by atoms with Crippen LogP contribution < -0.4 is 0 Å². The van der Waals surface area contributed by atoms with Gasteiger partial charge in [-0.15, -0.1) is 0 Å². The molecule has 0 aliphatic carbocycles. The van der Waals surface area contributed by atoms with Crippen molar-refractivity contribution in [2.75, 3.05) is 12.9 Å². The van der Waals surface area contributed by atoms with Crippen LogP contribution in [0.25, 0.3) is 0 Å². The SMILES string of the molecule is CCOC(=O)c1cc(Br)cc(S(C)(=O)=O)c1. The maximum atomic E-state index is 11.4. The zero-order valence-corrected chi connectivity index (χ0v) is 11.3. The van der Waals surface area contributed by atoms with Crippen molar-refractivity contribution in [1.29, 1.82) is 0 Å². The van der Waals surface area contributed by atoms with Crippen LogP contribution in [0.3, 0.4) is 0 Å². The first-order chi connectivity index (χ1) is 7.34. The Morgan fingerprint density at radius 1 is 1.38 bits per heavy atom. The summed E-state index contributed by atoms with van der Waals surface area (Å²) >= 11 is 3.15. The van der Waals surface area contributed by atoms with Crippen molar-refractivity contribution in [3.05, 3.63) is 28.2 Å². The zero-order valence-electron chi connectivity index (χ0n) is 8.86. The molecule has 0 heterocycles. The number of esters is 1. The third-order valence-corrected chi connectivity index (χ3v) is 3.36. The van der Waals surface area contributed by atoms with Crippen molar-refractivity contribution in [2.24, 2.45) is 0 Å². The highest BCUT2D eigenvalue weighted by molar-refractivity contribution is 9.10. The molecule has 0 unspecified atom stereocenters. The molecule has 4 nitrogen and oxygen atoms in total. The minimum Gasteiger partial charge on any atom is -0.462 e. The van der Waals surface area contributed by atoms with E-state index in [0.717, 1.165) is 6.26 Å². The first kappa shape index (κ1) is 13.2. The van der Waals surface area contributed by atoms with Crippen molar-refractivity contribution in [2.45, 2.75) is 11.8 Å². The normalized spacial score (nSPS) is 11.2. The molecule has 1 aromatic carbocycles. The van der Waals surface area contributed by atoms with Crippen LogP contribution in [-0.2, 0) is 14.6 Å². The molecular formula is C10H11BrO4S. The number of ether oxygens (including phenoxy) is 1. The first-order valence-electron chi connectivity index (χ1n) is 4.52. The molecule has 0 atom stereocenters. The topological polar surface area (TPSA) is 60.4 Å². The molecule has 0 aliphatic rings. The predicted octanol–water partition coefficient (Wildman–Crippen LogP) is 2.03. The Morgan fingerprint density at radius 3 is 2.50 bits per heavy atom. The lowest BCUT2D eigenvalue weighted by Crippen LogP contribution is -2.06.